The van der Waals surface area contributed by atoms with Crippen molar-refractivity contribution in [3.8, 4) is 23.0 Å². The zero-order chi connectivity index (χ0) is 29.4. The lowest BCUT2D eigenvalue weighted by Crippen LogP contribution is -2.24. The van der Waals surface area contributed by atoms with Gasteiger partial charge in [-0.05, 0) is 42.0 Å². The highest BCUT2D eigenvalue weighted by molar-refractivity contribution is 5.97. The molecule has 41 heavy (non-hydrogen) atoms. The van der Waals surface area contributed by atoms with E-state index in [1.165, 1.54) is 18.2 Å². The molecule has 1 amide bonds. The van der Waals surface area contributed by atoms with Crippen LogP contribution in [-0.2, 0) is 6.54 Å². The molecule has 210 valence electrons. The second-order valence-corrected chi connectivity index (χ2v) is 10.3. The van der Waals surface area contributed by atoms with Crippen molar-refractivity contribution >= 4 is 23.3 Å². The van der Waals surface area contributed by atoms with Gasteiger partial charge in [0, 0.05) is 86.4 Å². The number of phenols is 2. The van der Waals surface area contributed by atoms with Crippen LogP contribution in [0.5, 0.6) is 23.0 Å². The van der Waals surface area contributed by atoms with Gasteiger partial charge in [-0.3, -0.25) is 4.79 Å². The lowest BCUT2D eigenvalue weighted by atomic mass is 9.79. The Kier molecular flexibility index (Phi) is 7.19. The van der Waals surface area contributed by atoms with Crippen molar-refractivity contribution in [2.24, 2.45) is 0 Å². The minimum absolute atomic E-state index is 0.0291. The number of aromatic hydroxyl groups is 2. The highest BCUT2D eigenvalue weighted by atomic mass is 16.5. The number of anilines is 2. The van der Waals surface area contributed by atoms with Crippen LogP contribution < -0.4 is 19.9 Å². The van der Waals surface area contributed by atoms with Crippen molar-refractivity contribution in [3.63, 3.8) is 0 Å². The third kappa shape index (κ3) is 5.21. The molecule has 0 saturated heterocycles. The van der Waals surface area contributed by atoms with Crippen molar-refractivity contribution in [2.75, 3.05) is 38.0 Å². The molecule has 1 aliphatic rings. The molecule has 0 saturated carbocycles. The first-order valence-electron chi connectivity index (χ1n) is 13.0. The fourth-order valence-electron chi connectivity index (χ4n) is 5.01. The Morgan fingerprint density at radius 3 is 1.98 bits per heavy atom. The number of carboxylic acid groups (broad SMARTS) is 1. The molecule has 4 N–H and O–H groups in total. The van der Waals surface area contributed by atoms with E-state index in [1.54, 1.807) is 18.2 Å². The molecule has 0 bridgehead atoms. The molecular weight excluding hydrogens is 522 g/mol. The molecule has 5 rings (SSSR count). The number of aromatic carboxylic acids is 1. The van der Waals surface area contributed by atoms with E-state index in [4.69, 9.17) is 4.74 Å². The number of rotatable bonds is 7. The number of phenolic OH excluding ortho intramolecular Hbond substituents is 2. The van der Waals surface area contributed by atoms with Gasteiger partial charge in [-0.15, -0.1) is 0 Å². The Balaban J connectivity index is 1.61. The van der Waals surface area contributed by atoms with Gasteiger partial charge >= 0.3 is 5.97 Å². The largest absolute Gasteiger partial charge is 0.504 e. The minimum Gasteiger partial charge on any atom is -0.504 e. The molecule has 0 spiro atoms. The molecule has 0 radical (unpaired) electrons. The number of benzene rings is 4. The number of nitrogens with one attached hydrogen (secondary N) is 1. The average Bonchev–Trinajstić information content (AvgIpc) is 2.95. The summed E-state index contributed by atoms with van der Waals surface area (Å²) in [5.74, 6) is -1.46. The number of hydrogen-bond acceptors (Lipinski definition) is 7. The Bertz CT molecular complexity index is 1610. The van der Waals surface area contributed by atoms with Gasteiger partial charge in [0.1, 0.15) is 11.5 Å². The molecule has 4 aromatic rings. The summed E-state index contributed by atoms with van der Waals surface area (Å²) in [5, 5.41) is 32.8. The van der Waals surface area contributed by atoms with E-state index in [9.17, 15) is 24.9 Å². The minimum atomic E-state index is -1.11. The molecule has 0 fully saturated rings. The van der Waals surface area contributed by atoms with Crippen molar-refractivity contribution in [2.45, 2.75) is 12.5 Å². The second-order valence-electron chi connectivity index (χ2n) is 10.3. The van der Waals surface area contributed by atoms with Gasteiger partial charge in [0.2, 0.25) is 0 Å². The van der Waals surface area contributed by atoms with Gasteiger partial charge in [0.05, 0.1) is 5.56 Å². The van der Waals surface area contributed by atoms with Crippen LogP contribution in [0.15, 0.2) is 72.8 Å². The second kappa shape index (κ2) is 10.8. The Morgan fingerprint density at radius 1 is 0.805 bits per heavy atom. The monoisotopic (exact) mass is 553 g/mol. The normalized spacial score (nSPS) is 12.1. The maximum atomic E-state index is 13.2. The molecule has 1 aliphatic heterocycles. The summed E-state index contributed by atoms with van der Waals surface area (Å²) in [6.45, 7) is -0.0291. The van der Waals surface area contributed by atoms with Gasteiger partial charge in [-0.1, -0.05) is 24.3 Å². The van der Waals surface area contributed by atoms with E-state index in [2.05, 4.69) is 5.32 Å². The first-order chi connectivity index (χ1) is 19.5. The van der Waals surface area contributed by atoms with Crippen molar-refractivity contribution in [3.05, 3.63) is 106 Å². The number of para-hydroxylation sites is 1. The third-order valence-electron chi connectivity index (χ3n) is 7.26. The summed E-state index contributed by atoms with van der Waals surface area (Å²) in [6, 6.07) is 20.6. The lowest BCUT2D eigenvalue weighted by molar-refractivity contribution is 0.0694. The van der Waals surface area contributed by atoms with Crippen LogP contribution >= 0.6 is 0 Å². The maximum Gasteiger partial charge on any atom is 0.335 e. The highest BCUT2D eigenvalue weighted by Gasteiger charge is 2.33. The van der Waals surface area contributed by atoms with Crippen LogP contribution in [0.4, 0.5) is 11.4 Å². The van der Waals surface area contributed by atoms with Crippen LogP contribution in [0.2, 0.25) is 0 Å². The summed E-state index contributed by atoms with van der Waals surface area (Å²) in [6.07, 6.45) is 0. The summed E-state index contributed by atoms with van der Waals surface area (Å²) in [7, 11) is 7.73. The molecule has 0 aromatic heterocycles. The molecule has 9 heteroatoms. The molecule has 4 aromatic carbocycles. The average molecular weight is 554 g/mol. The van der Waals surface area contributed by atoms with Crippen LogP contribution in [-0.4, -0.2) is 55.4 Å². The quantitative estimate of drug-likeness (QED) is 0.204. The first-order valence-corrected chi connectivity index (χ1v) is 13.0. The number of nitrogens with zero attached hydrogens (tertiary/aromatic N) is 2. The zero-order valence-corrected chi connectivity index (χ0v) is 23.2. The maximum absolute atomic E-state index is 13.2. The van der Waals surface area contributed by atoms with E-state index in [0.29, 0.717) is 22.6 Å². The van der Waals surface area contributed by atoms with Crippen molar-refractivity contribution in [1.82, 2.24) is 5.32 Å². The van der Waals surface area contributed by atoms with Crippen molar-refractivity contribution < 1.29 is 29.6 Å². The predicted octanol–water partition coefficient (Wildman–Crippen LogP) is 5.14. The Labute approximate surface area is 237 Å². The van der Waals surface area contributed by atoms with Gasteiger partial charge < -0.3 is 35.2 Å². The number of amides is 1. The van der Waals surface area contributed by atoms with E-state index >= 15 is 0 Å². The van der Waals surface area contributed by atoms with E-state index < -0.39 is 17.8 Å². The number of carbonyl (C=O) groups is 2. The van der Waals surface area contributed by atoms with Crippen molar-refractivity contribution in [1.29, 1.82) is 0 Å². The van der Waals surface area contributed by atoms with Crippen LogP contribution in [0, 0.1) is 0 Å². The summed E-state index contributed by atoms with van der Waals surface area (Å²) < 4.78 is 6.37. The molecule has 9 nitrogen and oxygen atoms in total. The molecule has 0 atom stereocenters. The Hall–Kier alpha value is -5.18. The number of ether oxygens (including phenoxy) is 1. The van der Waals surface area contributed by atoms with Gasteiger partial charge in [-0.25, -0.2) is 4.79 Å². The predicted molar refractivity (Wildman–Crippen MR) is 157 cm³/mol. The molecule has 0 aliphatic carbocycles. The fourth-order valence-corrected chi connectivity index (χ4v) is 5.01. The van der Waals surface area contributed by atoms with Crippen LogP contribution in [0.25, 0.3) is 0 Å². The number of carbonyl (C=O) groups excluding carboxylic acids is 1. The fraction of sp³-hybridized carbons (Fsp3) is 0.188. The summed E-state index contributed by atoms with van der Waals surface area (Å²) in [4.78, 5) is 29.6. The first kappa shape index (κ1) is 27.4. The molecule has 0 unspecified atom stereocenters. The standard InChI is InChI=1S/C32H31N3O6/c1-34(2)20-9-12-23-27(15-20)41-28-16-21(35(3)4)10-13-24(28)29(23)25-14-18(8-11-22(25)32(39)40)31(38)33-17-19-6-5-7-26(36)30(19)37/h5-16,29,36-37H,17H2,1-4H3,(H,33,38)(H,39,40). The summed E-state index contributed by atoms with van der Waals surface area (Å²) in [5.41, 5.74) is 4.55. The molecule has 1 heterocycles. The van der Waals surface area contributed by atoms with Crippen LogP contribution in [0.3, 0.4) is 0 Å². The number of hydrogen-bond donors (Lipinski definition) is 4. The number of fused-ring (bicyclic) bond motifs is 2. The van der Waals surface area contributed by atoms with E-state index in [-0.39, 0.29) is 29.2 Å². The summed E-state index contributed by atoms with van der Waals surface area (Å²) >= 11 is 0. The molecular formula is C32H31N3O6. The van der Waals surface area contributed by atoms with Crippen LogP contribution in [0.1, 0.15) is 48.9 Å². The lowest BCUT2D eigenvalue weighted by Gasteiger charge is -2.31. The smallest absolute Gasteiger partial charge is 0.335 e. The van der Waals surface area contributed by atoms with E-state index in [1.807, 2.05) is 74.4 Å². The van der Waals surface area contributed by atoms with Gasteiger partial charge in [0.15, 0.2) is 11.5 Å². The topological polar surface area (TPSA) is 123 Å². The third-order valence-corrected chi connectivity index (χ3v) is 7.26. The zero-order valence-electron chi connectivity index (χ0n) is 23.2. The number of carboxylic acids is 1. The Morgan fingerprint density at radius 2 is 1.41 bits per heavy atom. The van der Waals surface area contributed by atoms with Gasteiger partial charge in [0.25, 0.3) is 5.91 Å². The highest BCUT2D eigenvalue weighted by Crippen LogP contribution is 2.50. The van der Waals surface area contributed by atoms with E-state index in [0.717, 1.165) is 22.5 Å². The SMILES string of the molecule is CN(C)c1ccc2c(c1)Oc1cc(N(C)C)ccc1C2c1cc(C(=O)NCc2cccc(O)c2O)ccc1C(=O)O. The van der Waals surface area contributed by atoms with Gasteiger partial charge in [-0.2, -0.15) is 0 Å².